The van der Waals surface area contributed by atoms with E-state index < -0.39 is 0 Å². The summed E-state index contributed by atoms with van der Waals surface area (Å²) < 4.78 is 11.0. The number of unbranched alkanes of at least 4 members (excludes halogenated alkanes) is 1. The summed E-state index contributed by atoms with van der Waals surface area (Å²) in [6.07, 6.45) is 2.39. The van der Waals surface area contributed by atoms with Gasteiger partial charge in [-0.2, -0.15) is 0 Å². The second kappa shape index (κ2) is 9.92. The number of ether oxygens (including phenoxy) is 1. The first-order chi connectivity index (χ1) is 14.1. The van der Waals surface area contributed by atoms with E-state index in [2.05, 4.69) is 12.1 Å². The maximum atomic E-state index is 12.9. The maximum Gasteiger partial charge on any atom is 0.231 e. The van der Waals surface area contributed by atoms with Gasteiger partial charge in [0.25, 0.3) is 0 Å². The van der Waals surface area contributed by atoms with E-state index in [-0.39, 0.29) is 5.91 Å². The minimum Gasteiger partial charge on any atom is -0.489 e. The van der Waals surface area contributed by atoms with Gasteiger partial charge in [0, 0.05) is 12.2 Å². The zero-order chi connectivity index (χ0) is 20.6. The van der Waals surface area contributed by atoms with E-state index in [1.54, 1.807) is 0 Å². The summed E-state index contributed by atoms with van der Waals surface area (Å²) in [7, 11) is 0. The Kier molecular flexibility index (Phi) is 7.06. The van der Waals surface area contributed by atoms with Gasteiger partial charge >= 0.3 is 0 Å². The molecule has 0 aliphatic carbocycles. The third kappa shape index (κ3) is 5.47. The van der Waals surface area contributed by atoms with Crippen LogP contribution < -0.4 is 9.64 Å². The normalized spacial score (nSPS) is 10.7. The minimum atomic E-state index is 0.106. The number of aryl methyl sites for hydroxylation is 2. The summed E-state index contributed by atoms with van der Waals surface area (Å²) in [5.74, 6) is 1.64. The second-order valence-electron chi connectivity index (χ2n) is 7.15. The highest BCUT2D eigenvalue weighted by Crippen LogP contribution is 2.20. The third-order valence-corrected chi connectivity index (χ3v) is 4.95. The maximum absolute atomic E-state index is 12.9. The second-order valence-corrected chi connectivity index (χ2v) is 7.15. The van der Waals surface area contributed by atoms with Gasteiger partial charge in [-0.3, -0.25) is 4.79 Å². The van der Waals surface area contributed by atoms with E-state index in [0.29, 0.717) is 13.0 Å². The van der Waals surface area contributed by atoms with Gasteiger partial charge in [0.1, 0.15) is 18.1 Å². The van der Waals surface area contributed by atoms with Crippen molar-refractivity contribution in [1.82, 2.24) is 5.16 Å². The molecule has 2 aromatic carbocycles. The Morgan fingerprint density at radius 3 is 2.41 bits per heavy atom. The van der Waals surface area contributed by atoms with Crippen molar-refractivity contribution < 1.29 is 14.1 Å². The van der Waals surface area contributed by atoms with Crippen molar-refractivity contribution in [2.24, 2.45) is 0 Å². The first-order valence-electron chi connectivity index (χ1n) is 10.1. The molecule has 0 spiro atoms. The number of hydrogen-bond acceptors (Lipinski definition) is 4. The fraction of sp³-hybridized carbons (Fsp3) is 0.333. The van der Waals surface area contributed by atoms with Crippen molar-refractivity contribution in [2.75, 3.05) is 11.4 Å². The number of amides is 1. The number of carbonyl (C=O) groups excluding carboxylic acids is 1. The number of rotatable bonds is 9. The predicted octanol–water partition coefficient (Wildman–Crippen LogP) is 5.25. The first kappa shape index (κ1) is 20.6. The summed E-state index contributed by atoms with van der Waals surface area (Å²) in [6, 6.07) is 17.6. The zero-order valence-corrected chi connectivity index (χ0v) is 17.4. The van der Waals surface area contributed by atoms with Crippen LogP contribution >= 0.6 is 0 Å². The Morgan fingerprint density at radius 1 is 1.07 bits per heavy atom. The molecule has 1 amide bonds. The molecule has 5 nitrogen and oxygen atoms in total. The number of aromatic nitrogens is 1. The molecule has 0 aliphatic rings. The Hall–Kier alpha value is -3.08. The third-order valence-electron chi connectivity index (χ3n) is 4.95. The van der Waals surface area contributed by atoms with E-state index in [1.807, 2.05) is 73.3 Å². The molecular formula is C24H28N2O3. The monoisotopic (exact) mass is 392 g/mol. The van der Waals surface area contributed by atoms with E-state index >= 15 is 0 Å². The van der Waals surface area contributed by atoms with Gasteiger partial charge in [-0.25, -0.2) is 0 Å². The lowest BCUT2D eigenvalue weighted by Crippen LogP contribution is -2.33. The van der Waals surface area contributed by atoms with Crippen LogP contribution in [0.15, 0.2) is 59.1 Å². The summed E-state index contributed by atoms with van der Waals surface area (Å²) in [5, 5.41) is 3.94. The molecule has 0 saturated heterocycles. The van der Waals surface area contributed by atoms with Crippen LogP contribution in [0.4, 0.5) is 5.69 Å². The molecule has 152 valence electrons. The van der Waals surface area contributed by atoms with Crippen LogP contribution in [0.2, 0.25) is 0 Å². The molecule has 0 bridgehead atoms. The molecule has 3 rings (SSSR count). The Labute approximate surface area is 172 Å². The van der Waals surface area contributed by atoms with Gasteiger partial charge in [0.05, 0.1) is 17.7 Å². The van der Waals surface area contributed by atoms with Crippen LogP contribution in [-0.2, 0) is 17.8 Å². The van der Waals surface area contributed by atoms with Gasteiger partial charge in [0.15, 0.2) is 0 Å². The van der Waals surface area contributed by atoms with E-state index in [1.165, 1.54) is 0 Å². The molecule has 5 heteroatoms. The van der Waals surface area contributed by atoms with Crippen LogP contribution in [0.1, 0.15) is 42.3 Å². The number of carbonyl (C=O) groups is 1. The summed E-state index contributed by atoms with van der Waals surface area (Å²) >= 11 is 0. The van der Waals surface area contributed by atoms with Crippen LogP contribution in [-0.4, -0.2) is 17.6 Å². The number of para-hydroxylation sites is 1. The molecule has 3 aromatic rings. The lowest BCUT2D eigenvalue weighted by molar-refractivity contribution is -0.118. The van der Waals surface area contributed by atoms with E-state index in [9.17, 15) is 4.79 Å². The summed E-state index contributed by atoms with van der Waals surface area (Å²) in [4.78, 5) is 14.8. The molecule has 0 atom stereocenters. The molecule has 0 radical (unpaired) electrons. The lowest BCUT2D eigenvalue weighted by atomic mass is 10.1. The average molecular weight is 392 g/mol. The van der Waals surface area contributed by atoms with Crippen molar-refractivity contribution in [3.63, 3.8) is 0 Å². The van der Waals surface area contributed by atoms with Crippen molar-refractivity contribution in [3.8, 4) is 5.75 Å². The molecule has 0 aliphatic heterocycles. The molecule has 1 heterocycles. The number of nitrogens with zero attached hydrogens (tertiary/aromatic N) is 2. The van der Waals surface area contributed by atoms with Crippen molar-refractivity contribution >= 4 is 11.6 Å². The molecule has 0 N–H and O–H groups in total. The SMILES string of the molecule is CCCCN(C(=O)Cc1ccc(OCc2c(C)noc2C)cc1)c1ccccc1. The molecule has 29 heavy (non-hydrogen) atoms. The largest absolute Gasteiger partial charge is 0.489 e. The Morgan fingerprint density at radius 2 is 1.79 bits per heavy atom. The number of benzene rings is 2. The fourth-order valence-electron chi connectivity index (χ4n) is 3.16. The van der Waals surface area contributed by atoms with E-state index in [0.717, 1.165) is 53.4 Å². The van der Waals surface area contributed by atoms with Gasteiger partial charge in [-0.15, -0.1) is 0 Å². The summed E-state index contributed by atoms with van der Waals surface area (Å²) in [6.45, 7) is 7.07. The Bertz CT molecular complexity index is 898. The highest BCUT2D eigenvalue weighted by atomic mass is 16.5. The molecular weight excluding hydrogens is 364 g/mol. The minimum absolute atomic E-state index is 0.106. The zero-order valence-electron chi connectivity index (χ0n) is 17.4. The topological polar surface area (TPSA) is 55.6 Å². The smallest absolute Gasteiger partial charge is 0.231 e. The fourth-order valence-corrected chi connectivity index (χ4v) is 3.16. The van der Waals surface area contributed by atoms with Gasteiger partial charge in [0.2, 0.25) is 5.91 Å². The van der Waals surface area contributed by atoms with Crippen LogP contribution in [0, 0.1) is 13.8 Å². The first-order valence-corrected chi connectivity index (χ1v) is 10.1. The van der Waals surface area contributed by atoms with Crippen molar-refractivity contribution in [2.45, 2.75) is 46.6 Å². The van der Waals surface area contributed by atoms with Crippen LogP contribution in [0.5, 0.6) is 5.75 Å². The number of anilines is 1. The van der Waals surface area contributed by atoms with Crippen molar-refractivity contribution in [1.29, 1.82) is 0 Å². The summed E-state index contributed by atoms with van der Waals surface area (Å²) in [5.41, 5.74) is 3.74. The van der Waals surface area contributed by atoms with Crippen molar-refractivity contribution in [3.05, 3.63) is 77.2 Å². The van der Waals surface area contributed by atoms with Crippen LogP contribution in [0.3, 0.4) is 0 Å². The predicted molar refractivity (Wildman–Crippen MR) is 114 cm³/mol. The highest BCUT2D eigenvalue weighted by molar-refractivity contribution is 5.94. The standard InChI is InChI=1S/C24H28N2O3/c1-4-5-15-26(21-9-7-6-8-10-21)24(27)16-20-11-13-22(14-12-20)28-17-23-18(2)25-29-19(23)3/h6-14H,4-5,15-17H2,1-3H3. The van der Waals surface area contributed by atoms with Gasteiger partial charge in [-0.1, -0.05) is 48.8 Å². The van der Waals surface area contributed by atoms with Gasteiger partial charge < -0.3 is 14.2 Å². The molecule has 0 unspecified atom stereocenters. The Balaban J connectivity index is 1.62. The molecule has 0 saturated carbocycles. The quantitative estimate of drug-likeness (QED) is 0.499. The molecule has 0 fully saturated rings. The lowest BCUT2D eigenvalue weighted by Gasteiger charge is -2.23. The van der Waals surface area contributed by atoms with Crippen LogP contribution in [0.25, 0.3) is 0 Å². The number of hydrogen-bond donors (Lipinski definition) is 0. The van der Waals surface area contributed by atoms with Gasteiger partial charge in [-0.05, 0) is 50.1 Å². The van der Waals surface area contributed by atoms with E-state index in [4.69, 9.17) is 9.26 Å². The average Bonchev–Trinajstić information content (AvgIpc) is 3.06. The highest BCUT2D eigenvalue weighted by Gasteiger charge is 2.16. The molecule has 1 aromatic heterocycles.